The summed E-state index contributed by atoms with van der Waals surface area (Å²) < 4.78 is 0. The van der Waals surface area contributed by atoms with E-state index >= 15 is 0 Å². The molecule has 20 heavy (non-hydrogen) atoms. The highest BCUT2D eigenvalue weighted by atomic mass is 16.1. The van der Waals surface area contributed by atoms with E-state index in [1.54, 1.807) is 0 Å². The quantitative estimate of drug-likeness (QED) is 0.908. The van der Waals surface area contributed by atoms with Crippen molar-refractivity contribution < 1.29 is 4.79 Å². The first-order valence-corrected chi connectivity index (χ1v) is 7.64. The topological polar surface area (TPSA) is 42.0 Å². The van der Waals surface area contributed by atoms with Gasteiger partial charge in [0, 0.05) is 12.2 Å². The van der Waals surface area contributed by atoms with Crippen LogP contribution in [0.2, 0.25) is 0 Å². The summed E-state index contributed by atoms with van der Waals surface area (Å²) >= 11 is 0. The molecule has 0 aliphatic heterocycles. The lowest BCUT2D eigenvalue weighted by atomic mass is 9.75. The molecule has 0 bridgehead atoms. The molecule has 0 radical (unpaired) electrons. The van der Waals surface area contributed by atoms with Crippen molar-refractivity contribution in [3.8, 4) is 0 Å². The molecule has 3 nitrogen and oxygen atoms in total. The van der Waals surface area contributed by atoms with E-state index in [0.717, 1.165) is 12.8 Å². The molecule has 110 valence electrons. The zero-order chi connectivity index (χ0) is 14.8. The highest BCUT2D eigenvalue weighted by molar-refractivity contribution is 5.92. The van der Waals surface area contributed by atoms with E-state index in [1.165, 1.54) is 18.4 Å². The highest BCUT2D eigenvalue weighted by Crippen LogP contribution is 2.35. The largest absolute Gasteiger partial charge is 0.348 e. The molecule has 3 heteroatoms. The fraction of sp³-hybridized carbons (Fsp3) is 0.647. The Bertz CT molecular complexity index is 452. The lowest BCUT2D eigenvalue weighted by Crippen LogP contribution is -2.39. The van der Waals surface area contributed by atoms with Gasteiger partial charge in [-0.1, -0.05) is 33.8 Å². The second kappa shape index (κ2) is 5.94. The summed E-state index contributed by atoms with van der Waals surface area (Å²) in [7, 11) is 0. The average Bonchev–Trinajstić information content (AvgIpc) is 2.41. The van der Waals surface area contributed by atoms with Crippen LogP contribution in [0.5, 0.6) is 0 Å². The van der Waals surface area contributed by atoms with Crippen LogP contribution in [0.15, 0.2) is 18.3 Å². The molecule has 2 rings (SSSR count). The molecule has 1 heterocycles. The van der Waals surface area contributed by atoms with E-state index in [9.17, 15) is 4.79 Å². The van der Waals surface area contributed by atoms with Crippen molar-refractivity contribution in [1.82, 2.24) is 10.3 Å². The molecule has 0 atom stereocenters. The first-order valence-electron chi connectivity index (χ1n) is 7.64. The Balaban J connectivity index is 1.92. The molecule has 1 saturated carbocycles. The van der Waals surface area contributed by atoms with Gasteiger partial charge in [0.1, 0.15) is 5.69 Å². The molecule has 1 aromatic rings. The Kier molecular flexibility index (Phi) is 4.46. The SMILES string of the molecule is CC(C)c1ccc(C(=O)NC2CCC(C)(C)CC2)nc1. The molecule has 1 N–H and O–H groups in total. The van der Waals surface area contributed by atoms with Gasteiger partial charge in [-0.25, -0.2) is 0 Å². The Morgan fingerprint density at radius 2 is 1.95 bits per heavy atom. The van der Waals surface area contributed by atoms with Crippen LogP contribution < -0.4 is 5.32 Å². The minimum atomic E-state index is -0.0370. The maximum Gasteiger partial charge on any atom is 0.270 e. The molecule has 1 aliphatic carbocycles. The van der Waals surface area contributed by atoms with Crippen LogP contribution >= 0.6 is 0 Å². The van der Waals surface area contributed by atoms with Crippen LogP contribution in [0.3, 0.4) is 0 Å². The summed E-state index contributed by atoms with van der Waals surface area (Å²) in [6.45, 7) is 8.86. The Hall–Kier alpha value is -1.38. The van der Waals surface area contributed by atoms with E-state index in [4.69, 9.17) is 0 Å². The summed E-state index contributed by atoms with van der Waals surface area (Å²) in [4.78, 5) is 16.5. The normalized spacial score (nSPS) is 19.1. The summed E-state index contributed by atoms with van der Waals surface area (Å²) in [6.07, 6.45) is 6.31. The van der Waals surface area contributed by atoms with Gasteiger partial charge in [-0.05, 0) is 48.6 Å². The molecule has 0 aromatic carbocycles. The molecule has 1 aliphatic rings. The molecule has 1 amide bonds. The van der Waals surface area contributed by atoms with Crippen molar-refractivity contribution in [3.63, 3.8) is 0 Å². The first kappa shape index (κ1) is 15.0. The molecule has 0 unspecified atom stereocenters. The number of nitrogens with zero attached hydrogens (tertiary/aromatic N) is 1. The predicted molar refractivity (Wildman–Crippen MR) is 81.8 cm³/mol. The maximum absolute atomic E-state index is 12.2. The fourth-order valence-corrected chi connectivity index (χ4v) is 2.68. The number of carbonyl (C=O) groups excluding carboxylic acids is 1. The van der Waals surface area contributed by atoms with Crippen molar-refractivity contribution in [2.75, 3.05) is 0 Å². The predicted octanol–water partition coefficient (Wildman–Crippen LogP) is 3.90. The standard InChI is InChI=1S/C17H26N2O/c1-12(2)13-5-6-15(18-11-13)16(20)19-14-7-9-17(3,4)10-8-14/h5-6,11-12,14H,7-10H2,1-4H3,(H,19,20). The molecule has 0 saturated heterocycles. The van der Waals surface area contributed by atoms with Gasteiger partial charge >= 0.3 is 0 Å². The second-order valence-electron chi connectivity index (χ2n) is 7.04. The number of hydrogen-bond donors (Lipinski definition) is 1. The van der Waals surface area contributed by atoms with Crippen molar-refractivity contribution in [1.29, 1.82) is 0 Å². The summed E-state index contributed by atoms with van der Waals surface area (Å²) in [5.74, 6) is 0.408. The second-order valence-corrected chi connectivity index (χ2v) is 7.04. The van der Waals surface area contributed by atoms with Gasteiger partial charge in [0.05, 0.1) is 0 Å². The fourth-order valence-electron chi connectivity index (χ4n) is 2.68. The van der Waals surface area contributed by atoms with E-state index in [0.29, 0.717) is 23.1 Å². The van der Waals surface area contributed by atoms with Crippen LogP contribution in [0.4, 0.5) is 0 Å². The van der Waals surface area contributed by atoms with Gasteiger partial charge in [-0.3, -0.25) is 9.78 Å². The number of aromatic nitrogens is 1. The number of carbonyl (C=O) groups is 1. The third-order valence-corrected chi connectivity index (χ3v) is 4.36. The number of rotatable bonds is 3. The lowest BCUT2D eigenvalue weighted by Gasteiger charge is -2.34. The number of amides is 1. The summed E-state index contributed by atoms with van der Waals surface area (Å²) in [6, 6.07) is 4.13. The minimum absolute atomic E-state index is 0.0370. The van der Waals surface area contributed by atoms with Gasteiger partial charge in [0.2, 0.25) is 0 Å². The molecule has 0 spiro atoms. The van der Waals surface area contributed by atoms with Gasteiger partial charge < -0.3 is 5.32 Å². The Labute approximate surface area is 122 Å². The van der Waals surface area contributed by atoms with E-state index < -0.39 is 0 Å². The van der Waals surface area contributed by atoms with Crippen LogP contribution in [0.25, 0.3) is 0 Å². The minimum Gasteiger partial charge on any atom is -0.348 e. The van der Waals surface area contributed by atoms with Gasteiger partial charge in [-0.2, -0.15) is 0 Å². The van der Waals surface area contributed by atoms with E-state index in [2.05, 4.69) is 38.0 Å². The number of pyridine rings is 1. The first-order chi connectivity index (χ1) is 9.37. The molecule has 1 aromatic heterocycles. The van der Waals surface area contributed by atoms with Gasteiger partial charge in [0.25, 0.3) is 5.91 Å². The third kappa shape index (κ3) is 3.81. The lowest BCUT2D eigenvalue weighted by molar-refractivity contribution is 0.0904. The van der Waals surface area contributed by atoms with E-state index in [1.807, 2.05) is 18.3 Å². The van der Waals surface area contributed by atoms with Crippen molar-refractivity contribution >= 4 is 5.91 Å². The third-order valence-electron chi connectivity index (χ3n) is 4.36. The Morgan fingerprint density at radius 1 is 1.30 bits per heavy atom. The van der Waals surface area contributed by atoms with Crippen LogP contribution in [0.1, 0.15) is 75.3 Å². The zero-order valence-corrected chi connectivity index (χ0v) is 13.1. The van der Waals surface area contributed by atoms with Crippen molar-refractivity contribution in [2.45, 2.75) is 65.3 Å². The van der Waals surface area contributed by atoms with Crippen molar-refractivity contribution in [3.05, 3.63) is 29.6 Å². The average molecular weight is 274 g/mol. The van der Waals surface area contributed by atoms with Gasteiger partial charge in [0.15, 0.2) is 0 Å². The van der Waals surface area contributed by atoms with Crippen LogP contribution in [0, 0.1) is 5.41 Å². The summed E-state index contributed by atoms with van der Waals surface area (Å²) in [5, 5.41) is 3.12. The molecule has 1 fully saturated rings. The van der Waals surface area contributed by atoms with Crippen molar-refractivity contribution in [2.24, 2.45) is 5.41 Å². The smallest absolute Gasteiger partial charge is 0.270 e. The maximum atomic E-state index is 12.2. The zero-order valence-electron chi connectivity index (χ0n) is 13.1. The highest BCUT2D eigenvalue weighted by Gasteiger charge is 2.27. The van der Waals surface area contributed by atoms with E-state index in [-0.39, 0.29) is 5.91 Å². The summed E-state index contributed by atoms with van der Waals surface area (Å²) in [5.41, 5.74) is 2.12. The van der Waals surface area contributed by atoms with Crippen LogP contribution in [-0.2, 0) is 0 Å². The number of nitrogens with one attached hydrogen (secondary N) is 1. The van der Waals surface area contributed by atoms with Crippen LogP contribution in [-0.4, -0.2) is 16.9 Å². The van der Waals surface area contributed by atoms with Gasteiger partial charge in [-0.15, -0.1) is 0 Å². The number of hydrogen-bond acceptors (Lipinski definition) is 2. The monoisotopic (exact) mass is 274 g/mol. The molecular formula is C17H26N2O. The molecular weight excluding hydrogens is 248 g/mol. The Morgan fingerprint density at radius 3 is 2.45 bits per heavy atom.